The molecule has 164 valence electrons. The Morgan fingerprint density at radius 3 is 2.61 bits per heavy atom. The average Bonchev–Trinajstić information content (AvgIpc) is 3.35. The van der Waals surface area contributed by atoms with Crippen LogP contribution in [0.5, 0.6) is 0 Å². The van der Waals surface area contributed by atoms with Gasteiger partial charge in [0.05, 0.1) is 17.6 Å². The van der Waals surface area contributed by atoms with Gasteiger partial charge in [-0.15, -0.1) is 11.3 Å². The number of nitrogens with zero attached hydrogens (tertiary/aromatic N) is 4. The lowest BCUT2D eigenvalue weighted by molar-refractivity contribution is -0.0386. The van der Waals surface area contributed by atoms with Gasteiger partial charge in [0.1, 0.15) is 16.1 Å². The highest BCUT2D eigenvalue weighted by atomic mass is 32.1. The molecule has 2 aromatic heterocycles. The molecule has 3 saturated heterocycles. The van der Waals surface area contributed by atoms with Crippen LogP contribution in [-0.2, 0) is 4.74 Å². The second-order valence-electron chi connectivity index (χ2n) is 9.74. The first-order chi connectivity index (χ1) is 14.7. The van der Waals surface area contributed by atoms with Crippen LogP contribution in [0.1, 0.15) is 52.5 Å². The van der Waals surface area contributed by atoms with E-state index < -0.39 is 5.60 Å². The molecule has 5 heterocycles. The van der Waals surface area contributed by atoms with Gasteiger partial charge in [-0.05, 0) is 50.8 Å². The number of oxazole rings is 1. The van der Waals surface area contributed by atoms with Gasteiger partial charge in [-0.1, -0.05) is 13.8 Å². The monoisotopic (exact) mass is 440 g/mol. The van der Waals surface area contributed by atoms with Crippen LogP contribution in [0.2, 0.25) is 0 Å². The second kappa shape index (κ2) is 7.22. The molecule has 3 fully saturated rings. The van der Waals surface area contributed by atoms with Crippen molar-refractivity contribution in [2.45, 2.75) is 64.6 Å². The first-order valence-corrected chi connectivity index (χ1v) is 11.7. The molecule has 0 aliphatic carbocycles. The number of hydrogen-bond acceptors (Lipinski definition) is 7. The van der Waals surface area contributed by atoms with Crippen molar-refractivity contribution in [2.24, 2.45) is 0 Å². The van der Waals surface area contributed by atoms with Crippen molar-refractivity contribution in [1.29, 1.82) is 0 Å². The van der Waals surface area contributed by atoms with Gasteiger partial charge in [0.15, 0.2) is 5.58 Å². The number of rotatable bonds is 3. The van der Waals surface area contributed by atoms with Gasteiger partial charge in [-0.2, -0.15) is 4.98 Å². The van der Waals surface area contributed by atoms with Gasteiger partial charge >= 0.3 is 6.09 Å². The zero-order valence-electron chi connectivity index (χ0n) is 18.6. The van der Waals surface area contributed by atoms with Gasteiger partial charge in [0.25, 0.3) is 6.01 Å². The smallest absolute Gasteiger partial charge is 0.410 e. The number of thiazole rings is 1. The van der Waals surface area contributed by atoms with Crippen LogP contribution < -0.4 is 4.90 Å². The highest BCUT2D eigenvalue weighted by molar-refractivity contribution is 7.13. The Morgan fingerprint density at radius 1 is 1.26 bits per heavy atom. The van der Waals surface area contributed by atoms with E-state index in [1.54, 1.807) is 11.3 Å². The summed E-state index contributed by atoms with van der Waals surface area (Å²) in [5, 5.41) is 2.91. The van der Waals surface area contributed by atoms with Crippen molar-refractivity contribution in [1.82, 2.24) is 14.9 Å². The van der Waals surface area contributed by atoms with Crippen LogP contribution in [0.25, 0.3) is 21.7 Å². The summed E-state index contributed by atoms with van der Waals surface area (Å²) in [4.78, 5) is 25.9. The second-order valence-corrected chi connectivity index (χ2v) is 10.6. The van der Waals surface area contributed by atoms with E-state index in [4.69, 9.17) is 14.1 Å². The largest absolute Gasteiger partial charge is 0.444 e. The van der Waals surface area contributed by atoms with Gasteiger partial charge in [0, 0.05) is 24.7 Å². The summed E-state index contributed by atoms with van der Waals surface area (Å²) in [6.45, 7) is 11.5. The summed E-state index contributed by atoms with van der Waals surface area (Å²) in [6.07, 6.45) is 2.59. The fraction of sp³-hybridized carbons (Fsp3) is 0.522. The summed E-state index contributed by atoms with van der Waals surface area (Å²) in [5.74, 6) is 0.383. The van der Waals surface area contributed by atoms with Crippen LogP contribution in [0.3, 0.4) is 0 Å². The molecular weight excluding hydrogens is 412 g/mol. The van der Waals surface area contributed by atoms with Crippen LogP contribution in [-0.4, -0.2) is 51.7 Å². The Bertz CT molecular complexity index is 1100. The quantitative estimate of drug-likeness (QED) is 0.552. The van der Waals surface area contributed by atoms with Gasteiger partial charge in [-0.25, -0.2) is 9.78 Å². The summed E-state index contributed by atoms with van der Waals surface area (Å²) in [7, 11) is 0. The lowest BCUT2D eigenvalue weighted by atomic mass is 9.88. The van der Waals surface area contributed by atoms with Crippen molar-refractivity contribution < 1.29 is 13.9 Å². The van der Waals surface area contributed by atoms with E-state index in [0.717, 1.165) is 28.1 Å². The number of fused-ring (bicyclic) bond motifs is 3. The minimum absolute atomic E-state index is 0.133. The molecule has 1 aromatic carbocycles. The molecule has 3 aliphatic heterocycles. The Balaban J connectivity index is 1.42. The van der Waals surface area contributed by atoms with Crippen molar-refractivity contribution >= 4 is 34.5 Å². The van der Waals surface area contributed by atoms with Crippen molar-refractivity contribution in [3.05, 3.63) is 29.3 Å². The third-order valence-electron chi connectivity index (χ3n) is 5.90. The van der Waals surface area contributed by atoms with E-state index in [0.29, 0.717) is 25.0 Å². The number of ether oxygens (including phenoxy) is 1. The maximum Gasteiger partial charge on any atom is 0.410 e. The number of piperazine rings is 1. The number of aromatic nitrogens is 2. The molecule has 2 unspecified atom stereocenters. The van der Waals surface area contributed by atoms with Crippen LogP contribution in [0.15, 0.2) is 28.1 Å². The van der Waals surface area contributed by atoms with E-state index in [9.17, 15) is 4.79 Å². The molecule has 6 rings (SSSR count). The SMILES string of the molecule is CC(C)c1cc(-c2nccs2)c2oc(N3CC4CC(C3)N4C(=O)OC(C)(C)C)nc2c1. The zero-order valence-corrected chi connectivity index (χ0v) is 19.4. The van der Waals surface area contributed by atoms with E-state index >= 15 is 0 Å². The highest BCUT2D eigenvalue weighted by Gasteiger charge is 2.49. The topological polar surface area (TPSA) is 71.7 Å². The number of amides is 1. The summed E-state index contributed by atoms with van der Waals surface area (Å²) in [6, 6.07) is 5.16. The third kappa shape index (κ3) is 3.67. The van der Waals surface area contributed by atoms with Crippen molar-refractivity contribution in [3.63, 3.8) is 0 Å². The normalized spacial score (nSPS) is 21.0. The maximum atomic E-state index is 12.6. The van der Waals surface area contributed by atoms with Gasteiger partial charge in [-0.3, -0.25) is 4.90 Å². The molecule has 0 N–H and O–H groups in total. The molecule has 0 saturated carbocycles. The molecule has 3 aromatic rings. The first-order valence-electron chi connectivity index (χ1n) is 10.8. The Hall–Kier alpha value is -2.61. The molecule has 3 aliphatic rings. The lowest BCUT2D eigenvalue weighted by Crippen LogP contribution is -2.70. The number of carbonyl (C=O) groups is 1. The van der Waals surface area contributed by atoms with Crippen LogP contribution in [0, 0.1) is 0 Å². The predicted octanol–water partition coefficient (Wildman–Crippen LogP) is 5.27. The first kappa shape index (κ1) is 20.3. The van der Waals surface area contributed by atoms with Gasteiger partial charge in [0.2, 0.25) is 0 Å². The molecule has 0 spiro atoms. The molecule has 7 nitrogen and oxygen atoms in total. The lowest BCUT2D eigenvalue weighted by Gasteiger charge is -2.55. The fourth-order valence-electron chi connectivity index (χ4n) is 4.41. The van der Waals surface area contributed by atoms with Crippen LogP contribution in [0.4, 0.5) is 10.8 Å². The Morgan fingerprint density at radius 2 is 2.00 bits per heavy atom. The molecule has 1 amide bonds. The fourth-order valence-corrected chi connectivity index (χ4v) is 5.06. The average molecular weight is 441 g/mol. The zero-order chi connectivity index (χ0) is 21.9. The number of piperidine rings is 1. The molecule has 0 radical (unpaired) electrons. The molecule has 2 bridgehead atoms. The summed E-state index contributed by atoms with van der Waals surface area (Å²) in [5.41, 5.74) is 3.36. The summed E-state index contributed by atoms with van der Waals surface area (Å²) < 4.78 is 11.9. The Labute approximate surface area is 186 Å². The minimum Gasteiger partial charge on any atom is -0.444 e. The number of anilines is 1. The highest BCUT2D eigenvalue weighted by Crippen LogP contribution is 2.39. The molecule has 31 heavy (non-hydrogen) atoms. The standard InChI is InChI=1S/C23H28N4O3S/c1-13(2)14-8-17(20-24-6-7-31-20)19-18(9-14)25-21(29-19)26-11-15-10-16(12-26)27(15)22(28)30-23(3,4)5/h6-9,13,15-16H,10-12H2,1-5H3. The molecule has 2 atom stereocenters. The number of carbonyl (C=O) groups excluding carboxylic acids is 1. The van der Waals surface area contributed by atoms with Crippen LogP contribution >= 0.6 is 11.3 Å². The van der Waals surface area contributed by atoms with Crippen molar-refractivity contribution in [2.75, 3.05) is 18.0 Å². The molecular formula is C23H28N4O3S. The summed E-state index contributed by atoms with van der Waals surface area (Å²) >= 11 is 1.60. The third-order valence-corrected chi connectivity index (χ3v) is 6.70. The van der Waals surface area contributed by atoms with E-state index in [2.05, 4.69) is 35.9 Å². The molecule has 8 heteroatoms. The number of benzene rings is 1. The van der Waals surface area contributed by atoms with E-state index in [-0.39, 0.29) is 18.2 Å². The maximum absolute atomic E-state index is 12.6. The minimum atomic E-state index is -0.485. The predicted molar refractivity (Wildman–Crippen MR) is 122 cm³/mol. The van der Waals surface area contributed by atoms with E-state index in [1.165, 1.54) is 5.56 Å². The van der Waals surface area contributed by atoms with E-state index in [1.807, 2.05) is 37.2 Å². The number of hydrogen-bond donors (Lipinski definition) is 0. The Kier molecular flexibility index (Phi) is 4.73. The van der Waals surface area contributed by atoms with Gasteiger partial charge < -0.3 is 14.1 Å². The van der Waals surface area contributed by atoms with Crippen molar-refractivity contribution in [3.8, 4) is 10.6 Å².